The van der Waals surface area contributed by atoms with Gasteiger partial charge < -0.3 is 19.5 Å². The molecule has 0 saturated carbocycles. The van der Waals surface area contributed by atoms with E-state index < -0.39 is 11.9 Å². The molecule has 0 fully saturated rings. The Kier molecular flexibility index (Phi) is 9.85. The van der Waals surface area contributed by atoms with Gasteiger partial charge in [-0.25, -0.2) is 10.2 Å². The molecular formula is C31H26BrN3O6. The van der Waals surface area contributed by atoms with E-state index in [2.05, 4.69) is 31.8 Å². The zero-order valence-corrected chi connectivity index (χ0v) is 23.8. The molecule has 0 atom stereocenters. The second-order valence-electron chi connectivity index (χ2n) is 8.50. The second kappa shape index (κ2) is 13.9. The van der Waals surface area contributed by atoms with Gasteiger partial charge in [-0.3, -0.25) is 9.59 Å². The van der Waals surface area contributed by atoms with E-state index in [0.717, 1.165) is 4.47 Å². The summed E-state index contributed by atoms with van der Waals surface area (Å²) in [5.74, 6) is -0.150. The lowest BCUT2D eigenvalue weighted by Crippen LogP contribution is -2.18. The highest BCUT2D eigenvalue weighted by Gasteiger charge is 2.14. The van der Waals surface area contributed by atoms with Crippen molar-refractivity contribution in [3.05, 3.63) is 118 Å². The number of hydrogen-bond donors (Lipinski definition) is 2. The molecule has 0 saturated heterocycles. The molecule has 4 aromatic carbocycles. The lowest BCUT2D eigenvalue weighted by Gasteiger charge is -2.11. The van der Waals surface area contributed by atoms with Crippen LogP contribution < -0.4 is 25.0 Å². The van der Waals surface area contributed by atoms with Crippen molar-refractivity contribution in [2.45, 2.75) is 6.92 Å². The highest BCUT2D eigenvalue weighted by molar-refractivity contribution is 9.10. The minimum absolute atomic E-state index is 0.258. The minimum atomic E-state index is -0.519. The maximum Gasteiger partial charge on any atom is 0.343 e. The number of rotatable bonds is 10. The van der Waals surface area contributed by atoms with Crippen LogP contribution in [-0.4, -0.2) is 37.7 Å². The third-order valence-corrected chi connectivity index (χ3v) is 6.17. The fourth-order valence-corrected chi connectivity index (χ4v) is 3.90. The maximum absolute atomic E-state index is 12.7. The van der Waals surface area contributed by atoms with Crippen LogP contribution in [0.3, 0.4) is 0 Å². The molecule has 0 unspecified atom stereocenters. The Labute approximate surface area is 245 Å². The summed E-state index contributed by atoms with van der Waals surface area (Å²) in [4.78, 5) is 37.8. The number of nitrogens with zero attached hydrogens (tertiary/aromatic N) is 1. The number of anilines is 1. The largest absolute Gasteiger partial charge is 0.497 e. The summed E-state index contributed by atoms with van der Waals surface area (Å²) < 4.78 is 17.2. The Balaban J connectivity index is 1.39. The monoisotopic (exact) mass is 615 g/mol. The van der Waals surface area contributed by atoms with Gasteiger partial charge >= 0.3 is 5.97 Å². The Morgan fingerprint density at radius 2 is 1.56 bits per heavy atom. The Bertz CT molecular complexity index is 1590. The van der Waals surface area contributed by atoms with Crippen LogP contribution in [0.4, 0.5) is 5.69 Å². The summed E-state index contributed by atoms with van der Waals surface area (Å²) in [6.07, 6.45) is 1.44. The molecule has 10 heteroatoms. The number of hydrogen-bond acceptors (Lipinski definition) is 7. The molecule has 0 heterocycles. The molecule has 9 nitrogen and oxygen atoms in total. The molecule has 0 aliphatic carbocycles. The van der Waals surface area contributed by atoms with E-state index in [1.165, 1.54) is 13.3 Å². The van der Waals surface area contributed by atoms with Gasteiger partial charge in [0.25, 0.3) is 11.8 Å². The molecule has 0 aliphatic rings. The predicted molar refractivity (Wildman–Crippen MR) is 159 cm³/mol. The number of methoxy groups -OCH3 is 1. The van der Waals surface area contributed by atoms with E-state index in [-0.39, 0.29) is 11.7 Å². The van der Waals surface area contributed by atoms with Crippen LogP contribution >= 0.6 is 15.9 Å². The van der Waals surface area contributed by atoms with Crippen LogP contribution in [0.5, 0.6) is 17.2 Å². The van der Waals surface area contributed by atoms with E-state index in [1.807, 2.05) is 6.92 Å². The summed E-state index contributed by atoms with van der Waals surface area (Å²) in [7, 11) is 1.53. The van der Waals surface area contributed by atoms with Crippen molar-refractivity contribution < 1.29 is 28.6 Å². The fourth-order valence-electron chi connectivity index (χ4n) is 3.64. The Morgan fingerprint density at radius 3 is 2.29 bits per heavy atom. The molecule has 2 N–H and O–H groups in total. The third kappa shape index (κ3) is 8.02. The van der Waals surface area contributed by atoms with E-state index >= 15 is 0 Å². The number of hydrazone groups is 1. The van der Waals surface area contributed by atoms with Gasteiger partial charge in [0.2, 0.25) is 0 Å². The normalized spacial score (nSPS) is 10.6. The van der Waals surface area contributed by atoms with E-state index in [9.17, 15) is 14.4 Å². The highest BCUT2D eigenvalue weighted by atomic mass is 79.9. The van der Waals surface area contributed by atoms with Crippen molar-refractivity contribution in [2.75, 3.05) is 19.0 Å². The molecule has 0 radical (unpaired) electrons. The summed E-state index contributed by atoms with van der Waals surface area (Å²) in [6.45, 7) is 2.17. The smallest absolute Gasteiger partial charge is 0.343 e. The molecule has 0 aromatic heterocycles. The molecule has 4 aromatic rings. The number of carbonyl (C=O) groups is 3. The third-order valence-electron chi connectivity index (χ3n) is 5.64. The van der Waals surface area contributed by atoms with Crippen molar-refractivity contribution >= 4 is 45.6 Å². The molecule has 41 heavy (non-hydrogen) atoms. The van der Waals surface area contributed by atoms with Crippen LogP contribution in [0.25, 0.3) is 0 Å². The van der Waals surface area contributed by atoms with Gasteiger partial charge in [-0.2, -0.15) is 5.10 Å². The SMILES string of the molecule is CCOc1cc(C=NNC(=O)c2cccc(NC(=O)c3cccc(OC)c3)c2)ccc1OC(=O)c1ccc(Br)cc1. The first-order valence-electron chi connectivity index (χ1n) is 12.5. The average molecular weight is 616 g/mol. The summed E-state index contributed by atoms with van der Waals surface area (Å²) in [6, 6.07) is 25.0. The van der Waals surface area contributed by atoms with Gasteiger partial charge in [0.15, 0.2) is 11.5 Å². The number of nitrogens with one attached hydrogen (secondary N) is 2. The molecule has 4 rings (SSSR count). The zero-order chi connectivity index (χ0) is 29.2. The van der Waals surface area contributed by atoms with Crippen molar-refractivity contribution in [1.82, 2.24) is 5.43 Å². The van der Waals surface area contributed by atoms with E-state index in [4.69, 9.17) is 14.2 Å². The van der Waals surface area contributed by atoms with Crippen molar-refractivity contribution in [1.29, 1.82) is 0 Å². The van der Waals surface area contributed by atoms with Crippen molar-refractivity contribution in [3.8, 4) is 17.2 Å². The lowest BCUT2D eigenvalue weighted by molar-refractivity contribution is 0.0728. The highest BCUT2D eigenvalue weighted by Crippen LogP contribution is 2.29. The average Bonchev–Trinajstić information content (AvgIpc) is 2.99. The number of carbonyl (C=O) groups excluding carboxylic acids is 3. The van der Waals surface area contributed by atoms with Gasteiger partial charge in [-0.05, 0) is 91.3 Å². The van der Waals surface area contributed by atoms with E-state index in [0.29, 0.717) is 46.0 Å². The summed E-state index contributed by atoms with van der Waals surface area (Å²) in [5, 5.41) is 6.80. The Hall–Kier alpha value is -4.96. The minimum Gasteiger partial charge on any atom is -0.497 e. The first-order valence-corrected chi connectivity index (χ1v) is 13.3. The topological polar surface area (TPSA) is 115 Å². The van der Waals surface area contributed by atoms with Gasteiger partial charge in [0, 0.05) is 21.3 Å². The summed E-state index contributed by atoms with van der Waals surface area (Å²) >= 11 is 3.34. The molecule has 0 spiro atoms. The number of ether oxygens (including phenoxy) is 3. The maximum atomic E-state index is 12.7. The van der Waals surface area contributed by atoms with Crippen molar-refractivity contribution in [3.63, 3.8) is 0 Å². The standard InChI is InChI=1S/C31H26BrN3O6/c1-3-40-28-16-20(10-15-27(28)41-31(38)21-11-13-24(32)14-12-21)19-33-35-30(37)22-6-4-8-25(17-22)34-29(36)23-7-5-9-26(18-23)39-2/h4-19H,3H2,1-2H3,(H,34,36)(H,35,37). The second-order valence-corrected chi connectivity index (χ2v) is 9.42. The Morgan fingerprint density at radius 1 is 0.829 bits per heavy atom. The lowest BCUT2D eigenvalue weighted by atomic mass is 10.1. The number of benzene rings is 4. The quantitative estimate of drug-likeness (QED) is 0.0965. The fraction of sp³-hybridized carbons (Fsp3) is 0.0968. The van der Waals surface area contributed by atoms with Crippen LogP contribution in [-0.2, 0) is 0 Å². The number of amides is 2. The predicted octanol–water partition coefficient (Wildman–Crippen LogP) is 6.09. The zero-order valence-electron chi connectivity index (χ0n) is 22.2. The van der Waals surface area contributed by atoms with Crippen LogP contribution in [0.1, 0.15) is 43.6 Å². The van der Waals surface area contributed by atoms with Crippen molar-refractivity contribution in [2.24, 2.45) is 5.10 Å². The first-order chi connectivity index (χ1) is 19.9. The van der Waals surface area contributed by atoms with Crippen LogP contribution in [0, 0.1) is 0 Å². The van der Waals surface area contributed by atoms with E-state index in [1.54, 1.807) is 91.0 Å². The molecule has 0 aliphatic heterocycles. The van der Waals surface area contributed by atoms with Gasteiger partial charge in [-0.1, -0.05) is 28.1 Å². The molecule has 208 valence electrons. The number of esters is 1. The molecule has 0 bridgehead atoms. The summed E-state index contributed by atoms with van der Waals surface area (Å²) in [5.41, 5.74) is 4.64. The van der Waals surface area contributed by atoms with Gasteiger partial charge in [0.05, 0.1) is 25.5 Å². The first kappa shape index (κ1) is 29.0. The number of halogens is 1. The van der Waals surface area contributed by atoms with Gasteiger partial charge in [0.1, 0.15) is 5.75 Å². The van der Waals surface area contributed by atoms with Crippen LogP contribution in [0.15, 0.2) is 101 Å². The van der Waals surface area contributed by atoms with Gasteiger partial charge in [-0.15, -0.1) is 0 Å². The van der Waals surface area contributed by atoms with Crippen LogP contribution in [0.2, 0.25) is 0 Å². The molecule has 2 amide bonds. The molecular weight excluding hydrogens is 590 g/mol.